The van der Waals surface area contributed by atoms with Crippen molar-refractivity contribution >= 4 is 27.1 Å². The van der Waals surface area contributed by atoms with Gasteiger partial charge >= 0.3 is 0 Å². The Bertz CT molecular complexity index is 581. The average Bonchev–Trinajstić information content (AvgIpc) is 2.95. The quantitative estimate of drug-likeness (QED) is 0.861. The minimum atomic E-state index is -3.09. The maximum absolute atomic E-state index is 12.5. The van der Waals surface area contributed by atoms with E-state index in [9.17, 15) is 13.2 Å². The highest BCUT2D eigenvalue weighted by atomic mass is 32.2. The number of amides is 1. The molecule has 1 N–H and O–H groups in total. The van der Waals surface area contributed by atoms with Gasteiger partial charge in [0.2, 0.25) is 5.91 Å². The fraction of sp³-hybridized carbons (Fsp3) is 0.643. The third-order valence-electron chi connectivity index (χ3n) is 3.52. The Labute approximate surface area is 130 Å². The third-order valence-corrected chi connectivity index (χ3v) is 5.15. The molecule has 2 rings (SSSR count). The number of carbonyl (C=O) groups is 1. The van der Waals surface area contributed by atoms with Crippen molar-refractivity contribution in [2.75, 3.05) is 18.6 Å². The Morgan fingerprint density at radius 1 is 1.43 bits per heavy atom. The van der Waals surface area contributed by atoms with Gasteiger partial charge in [-0.1, -0.05) is 13.8 Å². The zero-order valence-corrected chi connectivity index (χ0v) is 14.2. The lowest BCUT2D eigenvalue weighted by Crippen LogP contribution is -2.35. The molecule has 2 heterocycles. The van der Waals surface area contributed by atoms with Gasteiger partial charge < -0.3 is 4.90 Å². The Morgan fingerprint density at radius 3 is 2.67 bits per heavy atom. The van der Waals surface area contributed by atoms with Crippen LogP contribution < -0.4 is 5.32 Å². The van der Waals surface area contributed by atoms with Crippen molar-refractivity contribution in [3.05, 3.63) is 22.4 Å². The number of thiophene rings is 1. The fourth-order valence-corrected chi connectivity index (χ4v) is 3.74. The lowest BCUT2D eigenvalue weighted by Gasteiger charge is -2.23. The van der Waals surface area contributed by atoms with Crippen molar-refractivity contribution in [2.24, 2.45) is 5.92 Å². The summed E-state index contributed by atoms with van der Waals surface area (Å²) in [6, 6.07) is 1.75. The zero-order chi connectivity index (χ0) is 15.6. The molecule has 1 aromatic heterocycles. The SMILES string of the molecule is CC(C)CC1NC(c2ccsc2)N(CCS(C)(=O)=O)C1=O. The van der Waals surface area contributed by atoms with E-state index in [1.54, 1.807) is 16.2 Å². The molecule has 0 radical (unpaired) electrons. The van der Waals surface area contributed by atoms with Crippen molar-refractivity contribution in [3.63, 3.8) is 0 Å². The predicted molar refractivity (Wildman–Crippen MR) is 84.9 cm³/mol. The molecule has 0 spiro atoms. The van der Waals surface area contributed by atoms with E-state index in [0.717, 1.165) is 12.0 Å². The largest absolute Gasteiger partial charge is 0.321 e. The smallest absolute Gasteiger partial charge is 0.241 e. The standard InChI is InChI=1S/C14H22N2O3S2/c1-10(2)8-12-14(17)16(5-7-21(3,18)19)13(15-12)11-4-6-20-9-11/h4,6,9-10,12-13,15H,5,7-8H2,1-3H3. The maximum Gasteiger partial charge on any atom is 0.241 e. The fourth-order valence-electron chi connectivity index (χ4n) is 2.53. The summed E-state index contributed by atoms with van der Waals surface area (Å²) >= 11 is 1.57. The molecule has 1 aliphatic rings. The van der Waals surface area contributed by atoms with Crippen molar-refractivity contribution in [1.82, 2.24) is 10.2 Å². The van der Waals surface area contributed by atoms with Crippen LogP contribution in [0.3, 0.4) is 0 Å². The molecule has 2 atom stereocenters. The minimum Gasteiger partial charge on any atom is -0.321 e. The van der Waals surface area contributed by atoms with Gasteiger partial charge in [0, 0.05) is 12.8 Å². The van der Waals surface area contributed by atoms with Gasteiger partial charge in [0.05, 0.1) is 11.8 Å². The molecule has 0 bridgehead atoms. The lowest BCUT2D eigenvalue weighted by molar-refractivity contribution is -0.130. The van der Waals surface area contributed by atoms with Crippen LogP contribution in [0, 0.1) is 5.92 Å². The lowest BCUT2D eigenvalue weighted by atomic mass is 10.0. The number of hydrogen-bond donors (Lipinski definition) is 1. The molecular weight excluding hydrogens is 308 g/mol. The van der Waals surface area contributed by atoms with Crippen LogP contribution in [-0.2, 0) is 14.6 Å². The van der Waals surface area contributed by atoms with Crippen molar-refractivity contribution in [3.8, 4) is 0 Å². The highest BCUT2D eigenvalue weighted by Gasteiger charge is 2.39. The molecule has 1 aliphatic heterocycles. The van der Waals surface area contributed by atoms with Crippen LogP contribution in [0.4, 0.5) is 0 Å². The predicted octanol–water partition coefficient (Wildman–Crippen LogP) is 1.64. The van der Waals surface area contributed by atoms with E-state index < -0.39 is 9.84 Å². The zero-order valence-electron chi connectivity index (χ0n) is 12.6. The first-order valence-corrected chi connectivity index (χ1v) is 10.0. The molecule has 1 amide bonds. The van der Waals surface area contributed by atoms with Gasteiger partial charge in [-0.05, 0) is 34.7 Å². The molecule has 0 saturated carbocycles. The van der Waals surface area contributed by atoms with Gasteiger partial charge in [0.1, 0.15) is 16.0 Å². The first-order valence-electron chi connectivity index (χ1n) is 7.04. The molecule has 0 aromatic carbocycles. The molecule has 1 saturated heterocycles. The van der Waals surface area contributed by atoms with E-state index in [2.05, 4.69) is 19.2 Å². The minimum absolute atomic E-state index is 0.00329. The van der Waals surface area contributed by atoms with Crippen LogP contribution in [0.25, 0.3) is 0 Å². The molecule has 7 heteroatoms. The molecular formula is C14H22N2O3S2. The van der Waals surface area contributed by atoms with Gasteiger partial charge in [-0.2, -0.15) is 11.3 Å². The molecule has 0 aliphatic carbocycles. The second-order valence-corrected chi connectivity index (χ2v) is 9.01. The first-order chi connectivity index (χ1) is 9.78. The molecule has 1 fully saturated rings. The van der Waals surface area contributed by atoms with Crippen molar-refractivity contribution in [2.45, 2.75) is 32.5 Å². The number of carbonyl (C=O) groups excluding carboxylic acids is 1. The van der Waals surface area contributed by atoms with Crippen LogP contribution in [0.15, 0.2) is 16.8 Å². The summed E-state index contributed by atoms with van der Waals surface area (Å²) in [5.74, 6) is 0.406. The molecule has 2 unspecified atom stereocenters. The number of rotatable bonds is 6. The number of nitrogens with one attached hydrogen (secondary N) is 1. The van der Waals surface area contributed by atoms with Crippen LogP contribution in [0.2, 0.25) is 0 Å². The van der Waals surface area contributed by atoms with Crippen LogP contribution >= 0.6 is 11.3 Å². The van der Waals surface area contributed by atoms with E-state index in [1.807, 2.05) is 16.8 Å². The molecule has 1 aromatic rings. The first kappa shape index (κ1) is 16.5. The summed E-state index contributed by atoms with van der Waals surface area (Å²) in [7, 11) is -3.09. The number of hydrogen-bond acceptors (Lipinski definition) is 5. The summed E-state index contributed by atoms with van der Waals surface area (Å²) < 4.78 is 22.8. The summed E-state index contributed by atoms with van der Waals surface area (Å²) in [5.41, 5.74) is 1.02. The Kier molecular flexibility index (Phi) is 5.06. The Hall–Kier alpha value is -0.920. The van der Waals surface area contributed by atoms with E-state index in [0.29, 0.717) is 5.92 Å². The summed E-state index contributed by atoms with van der Waals surface area (Å²) in [5, 5.41) is 7.31. The second-order valence-electron chi connectivity index (χ2n) is 5.97. The monoisotopic (exact) mass is 330 g/mol. The molecule has 118 valence electrons. The van der Waals surface area contributed by atoms with Crippen LogP contribution in [-0.4, -0.2) is 43.8 Å². The van der Waals surface area contributed by atoms with Gasteiger partial charge in [-0.25, -0.2) is 8.42 Å². The number of sulfone groups is 1. The van der Waals surface area contributed by atoms with E-state index in [-0.39, 0.29) is 30.4 Å². The van der Waals surface area contributed by atoms with E-state index in [4.69, 9.17) is 0 Å². The summed E-state index contributed by atoms with van der Waals surface area (Å²) in [4.78, 5) is 14.2. The normalized spacial score (nSPS) is 23.2. The highest BCUT2D eigenvalue weighted by Crippen LogP contribution is 2.28. The highest BCUT2D eigenvalue weighted by molar-refractivity contribution is 7.90. The summed E-state index contributed by atoms with van der Waals surface area (Å²) in [6.07, 6.45) is 1.75. The van der Waals surface area contributed by atoms with E-state index >= 15 is 0 Å². The van der Waals surface area contributed by atoms with Gasteiger partial charge in [-0.15, -0.1) is 0 Å². The number of nitrogens with zero attached hydrogens (tertiary/aromatic N) is 1. The third kappa shape index (κ3) is 4.28. The Balaban J connectivity index is 2.17. The maximum atomic E-state index is 12.5. The summed E-state index contributed by atoms with van der Waals surface area (Å²) in [6.45, 7) is 4.39. The van der Waals surface area contributed by atoms with Gasteiger partial charge in [0.15, 0.2) is 0 Å². The molecule has 5 nitrogen and oxygen atoms in total. The average molecular weight is 330 g/mol. The van der Waals surface area contributed by atoms with E-state index in [1.165, 1.54) is 6.26 Å². The van der Waals surface area contributed by atoms with Crippen LogP contribution in [0.5, 0.6) is 0 Å². The van der Waals surface area contributed by atoms with Gasteiger partial charge in [0.25, 0.3) is 0 Å². The van der Waals surface area contributed by atoms with Crippen molar-refractivity contribution in [1.29, 1.82) is 0 Å². The van der Waals surface area contributed by atoms with Gasteiger partial charge in [-0.3, -0.25) is 10.1 Å². The van der Waals surface area contributed by atoms with Crippen LogP contribution in [0.1, 0.15) is 32.0 Å². The van der Waals surface area contributed by atoms with Crippen molar-refractivity contribution < 1.29 is 13.2 Å². The second kappa shape index (κ2) is 6.46. The topological polar surface area (TPSA) is 66.5 Å². The molecule has 21 heavy (non-hydrogen) atoms. The Morgan fingerprint density at radius 2 is 2.14 bits per heavy atom.